The van der Waals surface area contributed by atoms with Crippen LogP contribution in [0.3, 0.4) is 0 Å². The zero-order valence-corrected chi connectivity index (χ0v) is 8.78. The van der Waals surface area contributed by atoms with Crippen LogP contribution in [-0.4, -0.2) is 23.3 Å². The second-order valence-corrected chi connectivity index (χ2v) is 1.35. The largest absolute Gasteiger partial charge is 1.00 e. The Morgan fingerprint density at radius 2 is 2.00 bits per heavy atom. The molecule has 0 saturated heterocycles. The molecule has 10 heavy (non-hydrogen) atoms. The minimum Gasteiger partial charge on any atom is -0.546 e. The third-order valence-corrected chi connectivity index (χ3v) is 0.610. The monoisotopic (exact) mass is 172 g/mol. The van der Waals surface area contributed by atoms with E-state index in [1.807, 2.05) is 0 Å². The summed E-state index contributed by atoms with van der Waals surface area (Å²) in [5.41, 5.74) is 0. The third kappa shape index (κ3) is 6.50. The molecule has 1 N–H and O–H groups in total. The van der Waals surface area contributed by atoms with E-state index in [2.05, 4.69) is 4.74 Å². The predicted molar refractivity (Wildman–Crippen MR) is 23.6 cm³/mol. The fraction of sp³-hybridized carbons (Fsp3) is 0.500. The minimum atomic E-state index is -1.62. The van der Waals surface area contributed by atoms with Gasteiger partial charge < -0.3 is 19.7 Å². The standard InChI is InChI=1S/C4H6O5.K/c1-2(3(5)6)9-4(7)8;/h2H,1H3,(H,5,6)(H,7,8);/q;+1/p-1. The quantitative estimate of drug-likeness (QED) is 0.337. The number of carboxylic acids is 1. The normalized spacial score (nSPS) is 10.9. The van der Waals surface area contributed by atoms with Crippen molar-refractivity contribution >= 4 is 12.1 Å². The van der Waals surface area contributed by atoms with Crippen LogP contribution >= 0.6 is 0 Å². The Balaban J connectivity index is 0. The van der Waals surface area contributed by atoms with E-state index >= 15 is 0 Å². The maximum atomic E-state index is 9.74. The van der Waals surface area contributed by atoms with Crippen LogP contribution in [0.5, 0.6) is 0 Å². The van der Waals surface area contributed by atoms with Gasteiger partial charge in [-0.15, -0.1) is 0 Å². The number of ether oxygens (including phenoxy) is 1. The first-order chi connectivity index (χ1) is 4.04. The van der Waals surface area contributed by atoms with Gasteiger partial charge in [-0.05, 0) is 6.92 Å². The Morgan fingerprint density at radius 3 is 2.10 bits per heavy atom. The van der Waals surface area contributed by atoms with Gasteiger partial charge in [-0.1, -0.05) is 0 Å². The van der Waals surface area contributed by atoms with E-state index in [0.717, 1.165) is 6.92 Å². The van der Waals surface area contributed by atoms with E-state index in [0.29, 0.717) is 0 Å². The molecule has 0 amide bonds. The zero-order chi connectivity index (χ0) is 7.44. The van der Waals surface area contributed by atoms with Crippen molar-refractivity contribution in [3.8, 4) is 0 Å². The molecule has 6 heteroatoms. The summed E-state index contributed by atoms with van der Waals surface area (Å²) in [7, 11) is 0. The first-order valence-corrected chi connectivity index (χ1v) is 2.14. The molecule has 1 atom stereocenters. The number of carboxylic acid groups (broad SMARTS) is 2. The summed E-state index contributed by atoms with van der Waals surface area (Å²) in [5.74, 6) is -1.54. The SMILES string of the molecule is CC(OC(=O)O)C(=O)[O-].[K+]. The second-order valence-electron chi connectivity index (χ2n) is 1.35. The van der Waals surface area contributed by atoms with Gasteiger partial charge in [0.25, 0.3) is 0 Å². The van der Waals surface area contributed by atoms with E-state index in [1.54, 1.807) is 0 Å². The molecule has 0 aromatic carbocycles. The van der Waals surface area contributed by atoms with Gasteiger partial charge in [-0.3, -0.25) is 0 Å². The van der Waals surface area contributed by atoms with Crippen LogP contribution < -0.4 is 56.5 Å². The van der Waals surface area contributed by atoms with Crippen LogP contribution in [0.4, 0.5) is 4.79 Å². The molecule has 0 aliphatic carbocycles. The Labute approximate surface area is 99.8 Å². The molecule has 0 aromatic heterocycles. The number of aliphatic carboxylic acids is 1. The number of hydrogen-bond acceptors (Lipinski definition) is 4. The summed E-state index contributed by atoms with van der Waals surface area (Å²) >= 11 is 0. The van der Waals surface area contributed by atoms with Gasteiger partial charge in [-0.25, -0.2) is 4.79 Å². The average Bonchev–Trinajstić information content (AvgIpc) is 1.63. The van der Waals surface area contributed by atoms with Gasteiger partial charge in [0.2, 0.25) is 0 Å². The molecule has 0 aliphatic rings. The van der Waals surface area contributed by atoms with Gasteiger partial charge in [0.15, 0.2) is 0 Å². The van der Waals surface area contributed by atoms with Crippen LogP contribution in [0.15, 0.2) is 0 Å². The van der Waals surface area contributed by atoms with Gasteiger partial charge in [0.1, 0.15) is 6.10 Å². The predicted octanol–water partition coefficient (Wildman–Crippen LogP) is -4.18. The fourth-order valence-corrected chi connectivity index (χ4v) is 0.199. The van der Waals surface area contributed by atoms with Gasteiger partial charge >= 0.3 is 57.5 Å². The zero-order valence-electron chi connectivity index (χ0n) is 5.66. The van der Waals surface area contributed by atoms with E-state index in [4.69, 9.17) is 5.11 Å². The molecule has 0 bridgehead atoms. The van der Waals surface area contributed by atoms with E-state index in [-0.39, 0.29) is 51.4 Å². The molecule has 0 heterocycles. The fourth-order valence-electron chi connectivity index (χ4n) is 0.199. The van der Waals surface area contributed by atoms with E-state index in [9.17, 15) is 14.7 Å². The molecule has 0 rings (SSSR count). The van der Waals surface area contributed by atoms with Crippen molar-refractivity contribution in [1.82, 2.24) is 0 Å². The molecule has 0 fully saturated rings. The molecular formula is C4H5KO5. The van der Waals surface area contributed by atoms with Crippen molar-refractivity contribution < 1.29 is 75.9 Å². The summed E-state index contributed by atoms with van der Waals surface area (Å²) in [4.78, 5) is 19.3. The third-order valence-electron chi connectivity index (χ3n) is 0.610. The molecule has 0 aromatic rings. The van der Waals surface area contributed by atoms with Crippen molar-refractivity contribution in [1.29, 1.82) is 0 Å². The Bertz CT molecular complexity index is 134. The Morgan fingerprint density at radius 1 is 1.60 bits per heavy atom. The van der Waals surface area contributed by atoms with Crippen LogP contribution in [-0.2, 0) is 9.53 Å². The van der Waals surface area contributed by atoms with Crippen molar-refractivity contribution in [2.45, 2.75) is 13.0 Å². The Hall–Kier alpha value is 0.376. The van der Waals surface area contributed by atoms with Crippen molar-refractivity contribution in [2.75, 3.05) is 0 Å². The van der Waals surface area contributed by atoms with Crippen LogP contribution in [0.1, 0.15) is 6.92 Å². The van der Waals surface area contributed by atoms with Crippen LogP contribution in [0, 0.1) is 0 Å². The van der Waals surface area contributed by atoms with E-state index < -0.39 is 18.2 Å². The Kier molecular flexibility index (Phi) is 7.94. The van der Waals surface area contributed by atoms with Crippen LogP contribution in [0.2, 0.25) is 0 Å². The van der Waals surface area contributed by atoms with E-state index in [1.165, 1.54) is 0 Å². The summed E-state index contributed by atoms with van der Waals surface area (Å²) in [6, 6.07) is 0. The average molecular weight is 172 g/mol. The minimum absolute atomic E-state index is 0. The van der Waals surface area contributed by atoms with Crippen LogP contribution in [0.25, 0.3) is 0 Å². The summed E-state index contributed by atoms with van der Waals surface area (Å²) in [5, 5.41) is 17.6. The second kappa shape index (κ2) is 6.11. The molecule has 0 aliphatic heterocycles. The van der Waals surface area contributed by atoms with Crippen molar-refractivity contribution in [2.24, 2.45) is 0 Å². The maximum Gasteiger partial charge on any atom is 1.00 e. The molecule has 5 nitrogen and oxygen atoms in total. The first kappa shape index (κ1) is 13.0. The number of rotatable bonds is 2. The summed E-state index contributed by atoms with van der Waals surface area (Å²) < 4.78 is 3.77. The molecule has 1 unspecified atom stereocenters. The summed E-state index contributed by atoms with van der Waals surface area (Å²) in [6.45, 7) is 1.07. The maximum absolute atomic E-state index is 9.74. The topological polar surface area (TPSA) is 86.7 Å². The number of hydrogen-bond donors (Lipinski definition) is 1. The molecule has 0 spiro atoms. The van der Waals surface area contributed by atoms with Gasteiger partial charge in [0, 0.05) is 0 Å². The van der Waals surface area contributed by atoms with Crippen molar-refractivity contribution in [3.05, 3.63) is 0 Å². The van der Waals surface area contributed by atoms with Gasteiger partial charge in [-0.2, -0.15) is 0 Å². The molecular weight excluding hydrogens is 167 g/mol. The van der Waals surface area contributed by atoms with Gasteiger partial charge in [0.05, 0.1) is 5.97 Å². The van der Waals surface area contributed by atoms with Crippen molar-refractivity contribution in [3.63, 3.8) is 0 Å². The smallest absolute Gasteiger partial charge is 0.546 e. The molecule has 0 saturated carbocycles. The molecule has 0 radical (unpaired) electrons. The number of carbonyl (C=O) groups excluding carboxylic acids is 1. The summed E-state index contributed by atoms with van der Waals surface area (Å²) in [6.07, 6.45) is -3.02. The number of carbonyl (C=O) groups is 2. The first-order valence-electron chi connectivity index (χ1n) is 2.14. The molecule has 52 valence electrons.